The maximum atomic E-state index is 11.7. The Bertz CT molecular complexity index is 593. The molecule has 0 unspecified atom stereocenters. The van der Waals surface area contributed by atoms with Gasteiger partial charge in [-0.15, -0.1) is 0 Å². The largest absolute Gasteiger partial charge is 0.481 e. The molecule has 0 aliphatic rings. The number of carbonyl (C=O) groups excluding carboxylic acids is 1. The normalized spacial score (nSPS) is 10.2. The molecule has 2 aromatic rings. The number of nitrogens with one attached hydrogen (secondary N) is 2. The predicted octanol–water partition coefficient (Wildman–Crippen LogP) is 0.896. The van der Waals surface area contributed by atoms with Crippen molar-refractivity contribution in [1.29, 1.82) is 0 Å². The lowest BCUT2D eigenvalue weighted by Gasteiger charge is -2.09. The van der Waals surface area contributed by atoms with Crippen LogP contribution in [0.2, 0.25) is 0 Å². The number of nitrogens with zero attached hydrogens (tertiary/aromatic N) is 1. The highest BCUT2D eigenvalue weighted by molar-refractivity contribution is 5.78. The molecule has 1 aromatic carbocycles. The number of amides is 1. The van der Waals surface area contributed by atoms with E-state index in [0.717, 1.165) is 11.3 Å². The fraction of sp³-hybridized carbons (Fsp3) is 0.214. The van der Waals surface area contributed by atoms with Crippen LogP contribution in [0.5, 0.6) is 0 Å². The monoisotopic (exact) mass is 273 g/mol. The van der Waals surface area contributed by atoms with E-state index in [2.05, 4.69) is 15.5 Å². The summed E-state index contributed by atoms with van der Waals surface area (Å²) in [4.78, 5) is 22.5. The highest BCUT2D eigenvalue weighted by Crippen LogP contribution is 2.09. The molecule has 3 N–H and O–H groups in total. The molecule has 20 heavy (non-hydrogen) atoms. The van der Waals surface area contributed by atoms with E-state index < -0.39 is 5.97 Å². The minimum Gasteiger partial charge on any atom is -0.481 e. The maximum absolute atomic E-state index is 11.7. The Kier molecular flexibility index (Phi) is 4.49. The summed E-state index contributed by atoms with van der Waals surface area (Å²) in [5, 5.41) is 18.1. The minimum atomic E-state index is -0.888. The lowest BCUT2D eigenvalue weighted by molar-refractivity contribution is -0.136. The summed E-state index contributed by atoms with van der Waals surface area (Å²) in [5.74, 6) is -1.03. The van der Waals surface area contributed by atoms with Gasteiger partial charge in [-0.3, -0.25) is 14.7 Å². The lowest BCUT2D eigenvalue weighted by Crippen LogP contribution is -2.25. The molecule has 1 heterocycles. The summed E-state index contributed by atoms with van der Waals surface area (Å²) >= 11 is 0. The van der Waals surface area contributed by atoms with Gasteiger partial charge in [-0.05, 0) is 17.2 Å². The Morgan fingerprint density at radius 1 is 1.15 bits per heavy atom. The van der Waals surface area contributed by atoms with E-state index in [9.17, 15) is 9.59 Å². The van der Waals surface area contributed by atoms with Crippen LogP contribution in [0.15, 0.2) is 36.5 Å². The Hall–Kier alpha value is -2.63. The van der Waals surface area contributed by atoms with Crippen molar-refractivity contribution in [2.75, 3.05) is 0 Å². The first-order chi connectivity index (χ1) is 9.65. The molecule has 2 rings (SSSR count). The van der Waals surface area contributed by atoms with Crippen LogP contribution in [-0.4, -0.2) is 27.2 Å². The highest BCUT2D eigenvalue weighted by atomic mass is 16.4. The van der Waals surface area contributed by atoms with Gasteiger partial charge in [0.25, 0.3) is 0 Å². The van der Waals surface area contributed by atoms with E-state index in [0.29, 0.717) is 12.1 Å². The number of carboxylic acid groups (broad SMARTS) is 1. The van der Waals surface area contributed by atoms with Gasteiger partial charge in [0.2, 0.25) is 5.91 Å². The number of benzene rings is 1. The van der Waals surface area contributed by atoms with Crippen LogP contribution in [0.1, 0.15) is 16.8 Å². The molecule has 6 nitrogen and oxygen atoms in total. The molecular formula is C14H15N3O3. The third kappa shape index (κ3) is 3.94. The van der Waals surface area contributed by atoms with Gasteiger partial charge in [-0.2, -0.15) is 5.10 Å². The van der Waals surface area contributed by atoms with Crippen LogP contribution in [-0.2, 0) is 29.0 Å². The van der Waals surface area contributed by atoms with Gasteiger partial charge in [-0.1, -0.05) is 24.3 Å². The quantitative estimate of drug-likeness (QED) is 0.728. The third-order valence-corrected chi connectivity index (χ3v) is 2.85. The molecule has 0 atom stereocenters. The van der Waals surface area contributed by atoms with E-state index >= 15 is 0 Å². The van der Waals surface area contributed by atoms with E-state index in [4.69, 9.17) is 5.11 Å². The van der Waals surface area contributed by atoms with E-state index in [1.54, 1.807) is 24.4 Å². The van der Waals surface area contributed by atoms with Crippen molar-refractivity contribution in [2.24, 2.45) is 0 Å². The molecule has 0 radical (unpaired) electrons. The van der Waals surface area contributed by atoms with Crippen molar-refractivity contribution in [3.8, 4) is 0 Å². The van der Waals surface area contributed by atoms with E-state index in [1.807, 2.05) is 12.1 Å². The predicted molar refractivity (Wildman–Crippen MR) is 71.9 cm³/mol. The molecule has 6 heteroatoms. The Morgan fingerprint density at radius 3 is 2.55 bits per heavy atom. The fourth-order valence-corrected chi connectivity index (χ4v) is 1.88. The Morgan fingerprint density at radius 2 is 1.90 bits per heavy atom. The zero-order chi connectivity index (χ0) is 14.4. The van der Waals surface area contributed by atoms with Crippen LogP contribution < -0.4 is 5.32 Å². The van der Waals surface area contributed by atoms with E-state index in [1.165, 1.54) is 0 Å². The van der Waals surface area contributed by atoms with Gasteiger partial charge in [0, 0.05) is 18.4 Å². The number of hydrogen-bond donors (Lipinski definition) is 3. The van der Waals surface area contributed by atoms with Gasteiger partial charge in [0.05, 0.1) is 12.8 Å². The topological polar surface area (TPSA) is 95.1 Å². The molecule has 0 fully saturated rings. The number of aromatic nitrogens is 2. The average molecular weight is 273 g/mol. The summed E-state index contributed by atoms with van der Waals surface area (Å²) in [6, 6.07) is 8.91. The SMILES string of the molecule is O=C(O)Cc1ccccc1CNC(=O)Cc1ccn[nH]1. The van der Waals surface area contributed by atoms with Crippen molar-refractivity contribution in [3.05, 3.63) is 53.3 Å². The molecule has 1 amide bonds. The van der Waals surface area contributed by atoms with Gasteiger partial charge in [0.15, 0.2) is 0 Å². The Balaban J connectivity index is 1.93. The second kappa shape index (κ2) is 6.51. The number of aromatic amines is 1. The summed E-state index contributed by atoms with van der Waals surface area (Å²) < 4.78 is 0. The summed E-state index contributed by atoms with van der Waals surface area (Å²) in [7, 11) is 0. The zero-order valence-electron chi connectivity index (χ0n) is 10.8. The van der Waals surface area contributed by atoms with Crippen LogP contribution in [0.25, 0.3) is 0 Å². The lowest BCUT2D eigenvalue weighted by atomic mass is 10.0. The molecule has 0 aliphatic heterocycles. The van der Waals surface area contributed by atoms with Gasteiger partial charge in [0.1, 0.15) is 0 Å². The molecule has 0 spiro atoms. The van der Waals surface area contributed by atoms with Crippen molar-refractivity contribution in [1.82, 2.24) is 15.5 Å². The van der Waals surface area contributed by atoms with Crippen LogP contribution in [0.3, 0.4) is 0 Å². The number of carbonyl (C=O) groups is 2. The number of rotatable bonds is 6. The first kappa shape index (κ1) is 13.8. The number of carboxylic acids is 1. The molecule has 0 aliphatic carbocycles. The number of aliphatic carboxylic acids is 1. The van der Waals surface area contributed by atoms with Gasteiger partial charge in [-0.25, -0.2) is 0 Å². The first-order valence-electron chi connectivity index (χ1n) is 6.18. The standard InChI is InChI=1S/C14H15N3O3/c18-13(8-12-5-6-16-17-12)15-9-11-4-2-1-3-10(11)7-14(19)20/h1-6H,7-9H2,(H,15,18)(H,16,17)(H,19,20). The van der Waals surface area contributed by atoms with Crippen LogP contribution >= 0.6 is 0 Å². The molecular weight excluding hydrogens is 258 g/mol. The van der Waals surface area contributed by atoms with Crippen LogP contribution in [0, 0.1) is 0 Å². The summed E-state index contributed by atoms with van der Waals surface area (Å²) in [6.07, 6.45) is 1.76. The molecule has 0 saturated carbocycles. The van der Waals surface area contributed by atoms with Gasteiger partial charge < -0.3 is 10.4 Å². The second-order valence-corrected chi connectivity index (χ2v) is 4.37. The highest BCUT2D eigenvalue weighted by Gasteiger charge is 2.08. The second-order valence-electron chi connectivity index (χ2n) is 4.37. The van der Waals surface area contributed by atoms with Gasteiger partial charge >= 0.3 is 5.97 Å². The molecule has 0 bridgehead atoms. The number of H-pyrrole nitrogens is 1. The van der Waals surface area contributed by atoms with Crippen LogP contribution in [0.4, 0.5) is 0 Å². The van der Waals surface area contributed by atoms with Crippen molar-refractivity contribution < 1.29 is 14.7 Å². The summed E-state index contributed by atoms with van der Waals surface area (Å²) in [5.41, 5.74) is 2.26. The smallest absolute Gasteiger partial charge is 0.307 e. The Labute approximate surface area is 115 Å². The first-order valence-corrected chi connectivity index (χ1v) is 6.18. The third-order valence-electron chi connectivity index (χ3n) is 2.85. The fourth-order valence-electron chi connectivity index (χ4n) is 1.88. The van der Waals surface area contributed by atoms with E-state index in [-0.39, 0.29) is 18.7 Å². The van der Waals surface area contributed by atoms with Crippen molar-refractivity contribution in [3.63, 3.8) is 0 Å². The van der Waals surface area contributed by atoms with Crippen molar-refractivity contribution >= 4 is 11.9 Å². The van der Waals surface area contributed by atoms with Crippen molar-refractivity contribution in [2.45, 2.75) is 19.4 Å². The average Bonchev–Trinajstić information content (AvgIpc) is 2.90. The number of hydrogen-bond acceptors (Lipinski definition) is 3. The minimum absolute atomic E-state index is 0.0490. The molecule has 104 valence electrons. The zero-order valence-corrected chi connectivity index (χ0v) is 10.8. The molecule has 1 aromatic heterocycles. The maximum Gasteiger partial charge on any atom is 0.307 e. The molecule has 0 saturated heterocycles. The summed E-state index contributed by atoms with van der Waals surface area (Å²) in [6.45, 7) is 0.316.